The van der Waals surface area contributed by atoms with Crippen molar-refractivity contribution in [2.24, 2.45) is 7.05 Å². The van der Waals surface area contributed by atoms with E-state index in [1.807, 2.05) is 26.0 Å². The Morgan fingerprint density at radius 3 is 2.70 bits per heavy atom. The van der Waals surface area contributed by atoms with E-state index >= 15 is 0 Å². The summed E-state index contributed by atoms with van der Waals surface area (Å²) < 4.78 is 38.6. The molecule has 2 aliphatic rings. The van der Waals surface area contributed by atoms with Crippen LogP contribution >= 0.6 is 0 Å². The third-order valence-electron chi connectivity index (χ3n) is 5.56. The molecule has 4 rings (SSSR count). The van der Waals surface area contributed by atoms with Crippen molar-refractivity contribution >= 4 is 15.7 Å². The molecule has 162 valence electrons. The Kier molecular flexibility index (Phi) is 5.21. The number of nitrogens with zero attached hydrogens (tertiary/aromatic N) is 4. The molecule has 9 nitrogen and oxygen atoms in total. The lowest BCUT2D eigenvalue weighted by Crippen LogP contribution is -2.44. The van der Waals surface area contributed by atoms with Gasteiger partial charge in [0.25, 0.3) is 5.91 Å². The molecule has 0 spiro atoms. The number of likely N-dealkylation sites (tertiary alicyclic amines) is 1. The SMILES string of the molecule is Cn1cnnc1S(=O)(=O)C1CCN(C(=O)COc2cccc3c2OC(C)(C)C3)CC1. The van der Waals surface area contributed by atoms with Crippen molar-refractivity contribution in [1.29, 1.82) is 0 Å². The van der Waals surface area contributed by atoms with Crippen molar-refractivity contribution in [3.05, 3.63) is 30.1 Å². The molecule has 10 heteroatoms. The van der Waals surface area contributed by atoms with E-state index in [1.54, 1.807) is 18.0 Å². The highest BCUT2D eigenvalue weighted by molar-refractivity contribution is 7.91. The van der Waals surface area contributed by atoms with Gasteiger partial charge in [0.2, 0.25) is 15.0 Å². The maximum absolute atomic E-state index is 12.8. The zero-order valence-corrected chi connectivity index (χ0v) is 18.2. The molecular weight excluding hydrogens is 408 g/mol. The van der Waals surface area contributed by atoms with Gasteiger partial charge in [0, 0.05) is 32.1 Å². The average molecular weight is 435 g/mol. The predicted molar refractivity (Wildman–Crippen MR) is 108 cm³/mol. The van der Waals surface area contributed by atoms with Gasteiger partial charge in [-0.05, 0) is 32.8 Å². The summed E-state index contributed by atoms with van der Waals surface area (Å²) in [5.74, 6) is 1.09. The highest BCUT2D eigenvalue weighted by Crippen LogP contribution is 2.41. The molecule has 2 aromatic rings. The van der Waals surface area contributed by atoms with Gasteiger partial charge in [-0.2, -0.15) is 0 Å². The topological polar surface area (TPSA) is 104 Å². The lowest BCUT2D eigenvalue weighted by Gasteiger charge is -2.31. The summed E-state index contributed by atoms with van der Waals surface area (Å²) in [5, 5.41) is 6.78. The summed E-state index contributed by atoms with van der Waals surface area (Å²) in [4.78, 5) is 14.3. The zero-order chi connectivity index (χ0) is 21.5. The summed E-state index contributed by atoms with van der Waals surface area (Å²) in [5.41, 5.74) is 0.779. The molecule has 0 N–H and O–H groups in total. The Balaban J connectivity index is 1.34. The second-order valence-electron chi connectivity index (χ2n) is 8.42. The van der Waals surface area contributed by atoms with Gasteiger partial charge in [-0.1, -0.05) is 12.1 Å². The van der Waals surface area contributed by atoms with Gasteiger partial charge in [0.1, 0.15) is 11.9 Å². The zero-order valence-electron chi connectivity index (χ0n) is 17.4. The first-order chi connectivity index (χ1) is 14.2. The maximum atomic E-state index is 12.8. The number of fused-ring (bicyclic) bond motifs is 1. The first-order valence-corrected chi connectivity index (χ1v) is 11.5. The molecule has 0 bridgehead atoms. The van der Waals surface area contributed by atoms with Gasteiger partial charge in [0.05, 0.1) is 5.25 Å². The number of hydrogen-bond acceptors (Lipinski definition) is 7. The summed E-state index contributed by atoms with van der Waals surface area (Å²) in [7, 11) is -1.96. The number of carbonyl (C=O) groups is 1. The minimum Gasteiger partial charge on any atom is -0.483 e. The van der Waals surface area contributed by atoms with Crippen molar-refractivity contribution in [1.82, 2.24) is 19.7 Å². The molecule has 0 atom stereocenters. The second-order valence-corrected chi connectivity index (χ2v) is 10.5. The first-order valence-electron chi connectivity index (χ1n) is 9.97. The monoisotopic (exact) mass is 434 g/mol. The average Bonchev–Trinajstić information content (AvgIpc) is 3.28. The van der Waals surface area contributed by atoms with E-state index in [2.05, 4.69) is 10.2 Å². The number of piperidine rings is 1. The number of rotatable bonds is 5. The fourth-order valence-corrected chi connectivity index (χ4v) is 5.77. The standard InChI is InChI=1S/C20H26N4O5S/c1-20(2)11-14-5-4-6-16(18(14)29-20)28-12-17(25)24-9-7-15(8-10-24)30(26,27)19-22-21-13-23(19)3/h4-6,13,15H,7-12H2,1-3H3. The van der Waals surface area contributed by atoms with Crippen molar-refractivity contribution in [2.45, 2.75) is 49.1 Å². The van der Waals surface area contributed by atoms with Crippen LogP contribution in [0.15, 0.2) is 29.7 Å². The van der Waals surface area contributed by atoms with E-state index in [0.717, 1.165) is 12.0 Å². The number of ether oxygens (including phenoxy) is 2. The summed E-state index contributed by atoms with van der Waals surface area (Å²) in [6.07, 6.45) is 2.88. The summed E-state index contributed by atoms with van der Waals surface area (Å²) in [6.45, 7) is 4.64. The van der Waals surface area contributed by atoms with Gasteiger partial charge in [-0.15, -0.1) is 10.2 Å². The van der Waals surface area contributed by atoms with E-state index in [9.17, 15) is 13.2 Å². The molecule has 1 aromatic carbocycles. The molecule has 1 saturated heterocycles. The van der Waals surface area contributed by atoms with Crippen molar-refractivity contribution in [2.75, 3.05) is 19.7 Å². The number of benzene rings is 1. The number of hydrogen-bond donors (Lipinski definition) is 0. The molecule has 0 radical (unpaired) electrons. The van der Waals surface area contributed by atoms with Crippen LogP contribution in [0.5, 0.6) is 11.5 Å². The Morgan fingerprint density at radius 1 is 1.30 bits per heavy atom. The summed E-state index contributed by atoms with van der Waals surface area (Å²) >= 11 is 0. The van der Waals surface area contributed by atoms with Crippen LogP contribution in [0.2, 0.25) is 0 Å². The van der Waals surface area contributed by atoms with Crippen LogP contribution in [0, 0.1) is 0 Å². The number of sulfone groups is 1. The molecule has 30 heavy (non-hydrogen) atoms. The number of aryl methyl sites for hydroxylation is 1. The Morgan fingerprint density at radius 2 is 2.03 bits per heavy atom. The number of aromatic nitrogens is 3. The number of carbonyl (C=O) groups excluding carboxylic acids is 1. The van der Waals surface area contributed by atoms with Crippen LogP contribution in [0.4, 0.5) is 0 Å². The highest BCUT2D eigenvalue weighted by Gasteiger charge is 2.36. The van der Waals surface area contributed by atoms with Gasteiger partial charge in [-0.3, -0.25) is 4.79 Å². The van der Waals surface area contributed by atoms with E-state index < -0.39 is 15.1 Å². The molecule has 0 unspecified atom stereocenters. The van der Waals surface area contributed by atoms with Crippen LogP contribution in [0.1, 0.15) is 32.3 Å². The third kappa shape index (κ3) is 3.88. The summed E-state index contributed by atoms with van der Waals surface area (Å²) in [6, 6.07) is 5.69. The Labute approximate surface area is 175 Å². The van der Waals surface area contributed by atoms with Gasteiger partial charge in [0.15, 0.2) is 18.1 Å². The van der Waals surface area contributed by atoms with Crippen molar-refractivity contribution < 1.29 is 22.7 Å². The van der Waals surface area contributed by atoms with E-state index in [0.29, 0.717) is 37.4 Å². The van der Waals surface area contributed by atoms with Gasteiger partial charge >= 0.3 is 0 Å². The highest BCUT2D eigenvalue weighted by atomic mass is 32.2. The van der Waals surface area contributed by atoms with Gasteiger partial charge in [-0.25, -0.2) is 8.42 Å². The number of amides is 1. The van der Waals surface area contributed by atoms with Crippen molar-refractivity contribution in [3.63, 3.8) is 0 Å². The largest absolute Gasteiger partial charge is 0.483 e. The molecule has 0 saturated carbocycles. The smallest absolute Gasteiger partial charge is 0.260 e. The van der Waals surface area contributed by atoms with Crippen molar-refractivity contribution in [3.8, 4) is 11.5 Å². The van der Waals surface area contributed by atoms with Crippen LogP contribution in [0.25, 0.3) is 0 Å². The predicted octanol–water partition coefficient (Wildman–Crippen LogP) is 1.37. The van der Waals surface area contributed by atoms with E-state index in [1.165, 1.54) is 10.9 Å². The fraction of sp³-hybridized carbons (Fsp3) is 0.550. The minimum atomic E-state index is -3.57. The number of para-hydroxylation sites is 1. The van der Waals surface area contributed by atoms with Crippen LogP contribution in [-0.2, 0) is 28.1 Å². The van der Waals surface area contributed by atoms with Crippen LogP contribution in [0.3, 0.4) is 0 Å². The first kappa shape index (κ1) is 20.6. The quantitative estimate of drug-likeness (QED) is 0.700. The van der Waals surface area contributed by atoms with Crippen LogP contribution < -0.4 is 9.47 Å². The molecule has 2 aliphatic heterocycles. The molecular formula is C20H26N4O5S. The normalized spacial score (nSPS) is 18.7. The Hall–Kier alpha value is -2.62. The molecule has 1 aromatic heterocycles. The third-order valence-corrected chi connectivity index (χ3v) is 7.79. The molecule has 1 fully saturated rings. The lowest BCUT2D eigenvalue weighted by atomic mass is 10.0. The molecule has 3 heterocycles. The Bertz CT molecular complexity index is 1050. The molecule has 0 aliphatic carbocycles. The van der Waals surface area contributed by atoms with Crippen LogP contribution in [-0.4, -0.2) is 64.5 Å². The molecule has 1 amide bonds. The second kappa shape index (κ2) is 7.57. The van der Waals surface area contributed by atoms with E-state index in [4.69, 9.17) is 9.47 Å². The van der Waals surface area contributed by atoms with E-state index in [-0.39, 0.29) is 23.3 Å². The minimum absolute atomic E-state index is 0.0310. The fourth-order valence-electron chi connectivity index (χ4n) is 4.03. The lowest BCUT2D eigenvalue weighted by molar-refractivity contribution is -0.134. The van der Waals surface area contributed by atoms with Gasteiger partial charge < -0.3 is 18.9 Å². The maximum Gasteiger partial charge on any atom is 0.260 e.